The molecular weight excluding hydrogens is 324 g/mol. The van der Waals surface area contributed by atoms with Crippen molar-refractivity contribution in [1.82, 2.24) is 10.2 Å². The van der Waals surface area contributed by atoms with Crippen LogP contribution in [-0.4, -0.2) is 35.1 Å². The van der Waals surface area contributed by atoms with Gasteiger partial charge in [-0.05, 0) is 24.1 Å². The van der Waals surface area contributed by atoms with Crippen molar-refractivity contribution >= 4 is 27.9 Å². The summed E-state index contributed by atoms with van der Waals surface area (Å²) in [7, 11) is 1.64. The normalized spacial score (nSPS) is 11.8. The van der Waals surface area contributed by atoms with Crippen molar-refractivity contribution < 1.29 is 14.7 Å². The highest BCUT2D eigenvalue weighted by Crippen LogP contribution is 2.12. The molecule has 1 atom stereocenters. The van der Waals surface area contributed by atoms with Gasteiger partial charge in [0.25, 0.3) is 0 Å². The van der Waals surface area contributed by atoms with Gasteiger partial charge in [0, 0.05) is 18.1 Å². The Balaban J connectivity index is 2.57. The number of nitrogens with zero attached hydrogens (tertiary/aromatic N) is 1. The Hall–Kier alpha value is -1.56. The Morgan fingerprint density at radius 2 is 1.95 bits per heavy atom. The van der Waals surface area contributed by atoms with Crippen LogP contribution in [0.2, 0.25) is 0 Å². The van der Waals surface area contributed by atoms with Crippen molar-refractivity contribution in [1.29, 1.82) is 0 Å². The van der Waals surface area contributed by atoms with E-state index in [1.54, 1.807) is 7.05 Å². The van der Waals surface area contributed by atoms with Crippen molar-refractivity contribution in [2.24, 2.45) is 0 Å². The summed E-state index contributed by atoms with van der Waals surface area (Å²) in [4.78, 5) is 24.4. The summed E-state index contributed by atoms with van der Waals surface area (Å²) in [5, 5.41) is 11.5. The number of carboxylic acids is 1. The zero-order valence-corrected chi connectivity index (χ0v) is 13.2. The molecule has 0 fully saturated rings. The third kappa shape index (κ3) is 5.21. The van der Waals surface area contributed by atoms with Crippen LogP contribution < -0.4 is 5.32 Å². The van der Waals surface area contributed by atoms with Crippen LogP contribution in [-0.2, 0) is 11.3 Å². The van der Waals surface area contributed by atoms with Gasteiger partial charge in [-0.1, -0.05) is 41.4 Å². The van der Waals surface area contributed by atoms with Gasteiger partial charge in [0.05, 0.1) is 0 Å². The van der Waals surface area contributed by atoms with E-state index in [9.17, 15) is 9.59 Å². The summed E-state index contributed by atoms with van der Waals surface area (Å²) in [6, 6.07) is 6.41. The zero-order chi connectivity index (χ0) is 15.1. The number of aliphatic carboxylic acids is 1. The molecule has 2 N–H and O–H groups in total. The van der Waals surface area contributed by atoms with E-state index in [4.69, 9.17) is 5.11 Å². The first-order chi connectivity index (χ1) is 9.43. The van der Waals surface area contributed by atoms with Gasteiger partial charge in [0.2, 0.25) is 0 Å². The molecule has 0 heterocycles. The predicted molar refractivity (Wildman–Crippen MR) is 80.5 cm³/mol. The average molecular weight is 343 g/mol. The molecule has 1 rings (SSSR count). The van der Waals surface area contributed by atoms with Crippen LogP contribution in [0.15, 0.2) is 28.7 Å². The first-order valence-electron chi connectivity index (χ1n) is 6.43. The molecule has 0 saturated heterocycles. The van der Waals surface area contributed by atoms with E-state index in [-0.39, 0.29) is 6.03 Å². The fourth-order valence-electron chi connectivity index (χ4n) is 1.74. The van der Waals surface area contributed by atoms with E-state index >= 15 is 0 Å². The summed E-state index contributed by atoms with van der Waals surface area (Å²) < 4.78 is 0.974. The number of urea groups is 1. The SMILES string of the molecule is CCC[C@@H](NC(=O)N(C)Cc1ccc(Br)cc1)C(=O)O. The topological polar surface area (TPSA) is 69.6 Å². The van der Waals surface area contributed by atoms with E-state index in [2.05, 4.69) is 21.2 Å². The Kier molecular flexibility index (Phi) is 6.51. The molecule has 0 aromatic heterocycles. The highest BCUT2D eigenvalue weighted by atomic mass is 79.9. The number of hydrogen-bond acceptors (Lipinski definition) is 2. The molecule has 1 aromatic rings. The van der Waals surface area contributed by atoms with Crippen LogP contribution in [0.1, 0.15) is 25.3 Å². The molecule has 110 valence electrons. The maximum Gasteiger partial charge on any atom is 0.326 e. The maximum atomic E-state index is 11.9. The first kappa shape index (κ1) is 16.5. The molecule has 2 amide bonds. The van der Waals surface area contributed by atoms with Crippen molar-refractivity contribution in [2.75, 3.05) is 7.05 Å². The molecule has 6 heteroatoms. The lowest BCUT2D eigenvalue weighted by atomic mass is 10.2. The number of carbonyl (C=O) groups excluding carboxylic acids is 1. The smallest absolute Gasteiger partial charge is 0.326 e. The molecule has 0 aliphatic carbocycles. The number of halogens is 1. The van der Waals surface area contributed by atoms with E-state index in [1.165, 1.54) is 4.90 Å². The van der Waals surface area contributed by atoms with Crippen LogP contribution >= 0.6 is 15.9 Å². The van der Waals surface area contributed by atoms with Crippen LogP contribution in [0.25, 0.3) is 0 Å². The molecule has 1 aromatic carbocycles. The second-order valence-electron chi connectivity index (χ2n) is 4.61. The van der Waals surface area contributed by atoms with Crippen molar-refractivity contribution in [3.8, 4) is 0 Å². The highest BCUT2D eigenvalue weighted by Gasteiger charge is 2.20. The molecular formula is C14H19BrN2O3. The lowest BCUT2D eigenvalue weighted by Gasteiger charge is -2.21. The Morgan fingerprint density at radius 1 is 1.35 bits per heavy atom. The van der Waals surface area contributed by atoms with Gasteiger partial charge >= 0.3 is 12.0 Å². The van der Waals surface area contributed by atoms with Gasteiger partial charge < -0.3 is 15.3 Å². The number of carboxylic acid groups (broad SMARTS) is 1. The van der Waals surface area contributed by atoms with Gasteiger partial charge in [0.1, 0.15) is 6.04 Å². The standard InChI is InChI=1S/C14H19BrN2O3/c1-3-4-12(13(18)19)16-14(20)17(2)9-10-5-7-11(15)8-6-10/h5-8,12H,3-4,9H2,1-2H3,(H,16,20)(H,18,19)/t12-/m1/s1. The third-order valence-corrected chi connectivity index (χ3v) is 3.38. The highest BCUT2D eigenvalue weighted by molar-refractivity contribution is 9.10. The van der Waals surface area contributed by atoms with E-state index in [0.29, 0.717) is 19.4 Å². The monoisotopic (exact) mass is 342 g/mol. The number of amides is 2. The molecule has 0 saturated carbocycles. The minimum Gasteiger partial charge on any atom is -0.480 e. The van der Waals surface area contributed by atoms with Gasteiger partial charge in [0.15, 0.2) is 0 Å². The first-order valence-corrected chi connectivity index (χ1v) is 7.22. The van der Waals surface area contributed by atoms with E-state index in [1.807, 2.05) is 31.2 Å². The molecule has 0 aliphatic heterocycles. The van der Waals surface area contributed by atoms with Crippen molar-refractivity contribution in [3.05, 3.63) is 34.3 Å². The molecule has 5 nitrogen and oxygen atoms in total. The van der Waals surface area contributed by atoms with Gasteiger partial charge in [-0.25, -0.2) is 9.59 Å². The number of carbonyl (C=O) groups is 2. The van der Waals surface area contributed by atoms with Gasteiger partial charge in [-0.15, -0.1) is 0 Å². The van der Waals surface area contributed by atoms with Crippen molar-refractivity contribution in [2.45, 2.75) is 32.4 Å². The molecule has 0 bridgehead atoms. The Morgan fingerprint density at radius 3 is 2.45 bits per heavy atom. The van der Waals surface area contributed by atoms with Crippen LogP contribution in [0.4, 0.5) is 4.79 Å². The Labute approximate surface area is 127 Å². The third-order valence-electron chi connectivity index (χ3n) is 2.85. The second kappa shape index (κ2) is 7.89. The van der Waals surface area contributed by atoms with Crippen LogP contribution in [0, 0.1) is 0 Å². The summed E-state index contributed by atoms with van der Waals surface area (Å²) in [6.45, 7) is 2.31. The van der Waals surface area contributed by atoms with E-state index in [0.717, 1.165) is 10.0 Å². The predicted octanol–water partition coefficient (Wildman–Crippen LogP) is 2.84. The quantitative estimate of drug-likeness (QED) is 0.835. The van der Waals surface area contributed by atoms with Gasteiger partial charge in [-0.3, -0.25) is 0 Å². The number of rotatable bonds is 6. The molecule has 0 unspecified atom stereocenters. The Bertz CT molecular complexity index is 462. The van der Waals surface area contributed by atoms with Crippen LogP contribution in [0.3, 0.4) is 0 Å². The molecule has 0 spiro atoms. The second-order valence-corrected chi connectivity index (χ2v) is 5.53. The maximum absolute atomic E-state index is 11.9. The van der Waals surface area contributed by atoms with E-state index < -0.39 is 12.0 Å². The number of benzene rings is 1. The number of nitrogens with one attached hydrogen (secondary N) is 1. The fourth-order valence-corrected chi connectivity index (χ4v) is 2.01. The molecule has 0 radical (unpaired) electrons. The van der Waals surface area contributed by atoms with Gasteiger partial charge in [-0.2, -0.15) is 0 Å². The van der Waals surface area contributed by atoms with Crippen LogP contribution in [0.5, 0.6) is 0 Å². The summed E-state index contributed by atoms with van der Waals surface area (Å²) in [5.41, 5.74) is 0.980. The van der Waals surface area contributed by atoms with Crippen molar-refractivity contribution in [3.63, 3.8) is 0 Å². The largest absolute Gasteiger partial charge is 0.480 e. The summed E-state index contributed by atoms with van der Waals surface area (Å²) in [6.07, 6.45) is 1.13. The lowest BCUT2D eigenvalue weighted by Crippen LogP contribution is -2.46. The number of hydrogen-bond donors (Lipinski definition) is 2. The zero-order valence-electron chi connectivity index (χ0n) is 11.6. The fraction of sp³-hybridized carbons (Fsp3) is 0.429. The lowest BCUT2D eigenvalue weighted by molar-refractivity contribution is -0.139. The minimum atomic E-state index is -1.00. The molecule has 0 aliphatic rings. The average Bonchev–Trinajstić information content (AvgIpc) is 2.40. The molecule has 20 heavy (non-hydrogen) atoms. The minimum absolute atomic E-state index is 0.381. The summed E-state index contributed by atoms with van der Waals surface area (Å²) in [5.74, 6) is -1.00. The summed E-state index contributed by atoms with van der Waals surface area (Å²) >= 11 is 3.35.